The maximum atomic E-state index is 11.5. The van der Waals surface area contributed by atoms with Gasteiger partial charge in [0, 0.05) is 0 Å². The van der Waals surface area contributed by atoms with Gasteiger partial charge in [0.15, 0.2) is 0 Å². The highest BCUT2D eigenvalue weighted by Gasteiger charge is 2.44. The van der Waals surface area contributed by atoms with E-state index in [0.29, 0.717) is 5.92 Å². The van der Waals surface area contributed by atoms with Gasteiger partial charge in [0.2, 0.25) is 0 Å². The van der Waals surface area contributed by atoms with E-state index in [1.165, 1.54) is 11.1 Å². The fourth-order valence-electron chi connectivity index (χ4n) is 3.57. The second kappa shape index (κ2) is 3.86. The molecule has 1 fully saturated rings. The number of hydrogen-bond acceptors (Lipinski definition) is 1. The minimum Gasteiger partial charge on any atom is -0.481 e. The molecule has 0 aromatic heterocycles. The van der Waals surface area contributed by atoms with E-state index in [4.69, 9.17) is 0 Å². The summed E-state index contributed by atoms with van der Waals surface area (Å²) < 4.78 is 0. The van der Waals surface area contributed by atoms with Crippen LogP contribution in [0.5, 0.6) is 0 Å². The van der Waals surface area contributed by atoms with Crippen molar-refractivity contribution < 1.29 is 9.90 Å². The first-order chi connectivity index (χ1) is 8.21. The van der Waals surface area contributed by atoms with Gasteiger partial charge in [-0.15, -0.1) is 0 Å². The fraction of sp³-hybridized carbons (Fsp3) is 0.533. The Bertz CT molecular complexity index is 444. The molecule has 3 rings (SSSR count). The van der Waals surface area contributed by atoms with Gasteiger partial charge in [-0.3, -0.25) is 4.79 Å². The van der Waals surface area contributed by atoms with Gasteiger partial charge in [0.1, 0.15) is 0 Å². The normalized spacial score (nSPS) is 25.1. The molecule has 0 bridgehead atoms. The first-order valence-electron chi connectivity index (χ1n) is 6.52. The largest absolute Gasteiger partial charge is 0.481 e. The smallest absolute Gasteiger partial charge is 0.309 e. The van der Waals surface area contributed by atoms with Gasteiger partial charge in [0.05, 0.1) is 5.41 Å². The zero-order chi connectivity index (χ0) is 11.9. The average molecular weight is 230 g/mol. The fourth-order valence-corrected chi connectivity index (χ4v) is 3.57. The average Bonchev–Trinajstić information content (AvgIpc) is 2.76. The topological polar surface area (TPSA) is 37.3 Å². The molecule has 2 heteroatoms. The van der Waals surface area contributed by atoms with Crippen LogP contribution in [0, 0.1) is 5.41 Å². The third-order valence-electron chi connectivity index (χ3n) is 4.61. The SMILES string of the molecule is O=C(O)C1(CC2Cc3ccccc32)CCCC1. The summed E-state index contributed by atoms with van der Waals surface area (Å²) in [6, 6.07) is 8.45. The number of carbonyl (C=O) groups is 1. The molecule has 17 heavy (non-hydrogen) atoms. The van der Waals surface area contributed by atoms with Crippen molar-refractivity contribution in [2.24, 2.45) is 5.41 Å². The summed E-state index contributed by atoms with van der Waals surface area (Å²) in [5, 5.41) is 9.48. The van der Waals surface area contributed by atoms with Crippen molar-refractivity contribution in [2.75, 3.05) is 0 Å². The summed E-state index contributed by atoms with van der Waals surface area (Å²) in [6.45, 7) is 0. The van der Waals surface area contributed by atoms with Crippen molar-refractivity contribution in [3.63, 3.8) is 0 Å². The number of benzene rings is 1. The molecule has 1 unspecified atom stereocenters. The van der Waals surface area contributed by atoms with Crippen LogP contribution in [0.2, 0.25) is 0 Å². The summed E-state index contributed by atoms with van der Waals surface area (Å²) in [5.41, 5.74) is 2.38. The summed E-state index contributed by atoms with van der Waals surface area (Å²) in [7, 11) is 0. The van der Waals surface area contributed by atoms with Gasteiger partial charge in [-0.25, -0.2) is 0 Å². The van der Waals surface area contributed by atoms with Crippen molar-refractivity contribution >= 4 is 5.97 Å². The molecule has 90 valence electrons. The molecule has 1 aromatic rings. The van der Waals surface area contributed by atoms with E-state index in [9.17, 15) is 9.90 Å². The van der Waals surface area contributed by atoms with Crippen molar-refractivity contribution in [3.8, 4) is 0 Å². The Balaban J connectivity index is 1.78. The summed E-state index contributed by atoms with van der Waals surface area (Å²) in [4.78, 5) is 11.5. The third-order valence-corrected chi connectivity index (χ3v) is 4.61. The van der Waals surface area contributed by atoms with Gasteiger partial charge in [-0.1, -0.05) is 37.1 Å². The predicted molar refractivity (Wildman–Crippen MR) is 66.0 cm³/mol. The van der Waals surface area contributed by atoms with E-state index in [-0.39, 0.29) is 0 Å². The van der Waals surface area contributed by atoms with Gasteiger partial charge >= 0.3 is 5.97 Å². The highest BCUT2D eigenvalue weighted by Crippen LogP contribution is 2.49. The molecule has 2 aliphatic carbocycles. The highest BCUT2D eigenvalue weighted by atomic mass is 16.4. The Morgan fingerprint density at radius 1 is 1.29 bits per heavy atom. The van der Waals surface area contributed by atoms with E-state index in [2.05, 4.69) is 24.3 Å². The van der Waals surface area contributed by atoms with Crippen molar-refractivity contribution in [2.45, 2.75) is 44.4 Å². The van der Waals surface area contributed by atoms with Crippen LogP contribution in [0.3, 0.4) is 0 Å². The summed E-state index contributed by atoms with van der Waals surface area (Å²) in [5.74, 6) is -0.0835. The third kappa shape index (κ3) is 1.67. The molecule has 0 saturated heterocycles. The zero-order valence-electron chi connectivity index (χ0n) is 9.98. The minimum atomic E-state index is -0.570. The number of rotatable bonds is 3. The molecule has 1 saturated carbocycles. The predicted octanol–water partition coefficient (Wildman–Crippen LogP) is 3.36. The summed E-state index contributed by atoms with van der Waals surface area (Å²) >= 11 is 0. The number of aliphatic carboxylic acids is 1. The van der Waals surface area contributed by atoms with Gasteiger partial charge in [-0.05, 0) is 42.7 Å². The minimum absolute atomic E-state index is 0.418. The standard InChI is InChI=1S/C15H18O2/c16-14(17)15(7-3-4-8-15)10-12-9-11-5-1-2-6-13(11)12/h1-2,5-6,12H,3-4,7-10H2,(H,16,17). The second-order valence-electron chi connectivity index (χ2n) is 5.60. The molecule has 1 N–H and O–H groups in total. The van der Waals surface area contributed by atoms with Gasteiger partial charge < -0.3 is 5.11 Å². The molecule has 0 amide bonds. The lowest BCUT2D eigenvalue weighted by atomic mass is 9.67. The van der Waals surface area contributed by atoms with Crippen molar-refractivity contribution in [3.05, 3.63) is 35.4 Å². The van der Waals surface area contributed by atoms with E-state index >= 15 is 0 Å². The van der Waals surface area contributed by atoms with Gasteiger partial charge in [0.25, 0.3) is 0 Å². The molecular weight excluding hydrogens is 212 g/mol. The summed E-state index contributed by atoms with van der Waals surface area (Å²) in [6.07, 6.45) is 5.84. The Hall–Kier alpha value is -1.31. The molecule has 1 atom stereocenters. The first-order valence-corrected chi connectivity index (χ1v) is 6.52. The number of carboxylic acid groups (broad SMARTS) is 1. The van der Waals surface area contributed by atoms with E-state index in [1.807, 2.05) is 0 Å². The highest BCUT2D eigenvalue weighted by molar-refractivity contribution is 5.75. The van der Waals surface area contributed by atoms with Crippen molar-refractivity contribution in [1.82, 2.24) is 0 Å². The lowest BCUT2D eigenvalue weighted by Gasteiger charge is -2.36. The number of hydrogen-bond donors (Lipinski definition) is 1. The van der Waals surface area contributed by atoms with E-state index in [1.54, 1.807) is 0 Å². The lowest BCUT2D eigenvalue weighted by Crippen LogP contribution is -2.32. The molecule has 2 nitrogen and oxygen atoms in total. The monoisotopic (exact) mass is 230 g/mol. The molecular formula is C15H18O2. The maximum Gasteiger partial charge on any atom is 0.309 e. The maximum absolute atomic E-state index is 11.5. The Morgan fingerprint density at radius 2 is 2.00 bits per heavy atom. The van der Waals surface area contributed by atoms with Crippen LogP contribution in [0.15, 0.2) is 24.3 Å². The van der Waals surface area contributed by atoms with Crippen LogP contribution in [0.25, 0.3) is 0 Å². The molecule has 2 aliphatic rings. The van der Waals surface area contributed by atoms with Crippen LogP contribution in [0.4, 0.5) is 0 Å². The number of carboxylic acids is 1. The van der Waals surface area contributed by atoms with Crippen LogP contribution < -0.4 is 0 Å². The molecule has 0 aliphatic heterocycles. The van der Waals surface area contributed by atoms with E-state index in [0.717, 1.165) is 38.5 Å². The molecule has 0 radical (unpaired) electrons. The first kappa shape index (κ1) is 10.8. The zero-order valence-corrected chi connectivity index (χ0v) is 9.98. The molecule has 0 heterocycles. The van der Waals surface area contributed by atoms with Crippen LogP contribution >= 0.6 is 0 Å². The second-order valence-corrected chi connectivity index (χ2v) is 5.60. The van der Waals surface area contributed by atoms with Crippen LogP contribution in [-0.2, 0) is 11.2 Å². The molecule has 0 spiro atoms. The van der Waals surface area contributed by atoms with Crippen LogP contribution in [0.1, 0.15) is 49.1 Å². The van der Waals surface area contributed by atoms with Crippen molar-refractivity contribution in [1.29, 1.82) is 0 Å². The Labute approximate surface area is 102 Å². The van der Waals surface area contributed by atoms with Gasteiger partial charge in [-0.2, -0.15) is 0 Å². The lowest BCUT2D eigenvalue weighted by molar-refractivity contribution is -0.149. The number of fused-ring (bicyclic) bond motifs is 1. The van der Waals surface area contributed by atoms with E-state index < -0.39 is 11.4 Å². The Morgan fingerprint density at radius 3 is 2.65 bits per heavy atom. The quantitative estimate of drug-likeness (QED) is 0.864. The van der Waals surface area contributed by atoms with Crippen LogP contribution in [-0.4, -0.2) is 11.1 Å². The molecule has 1 aromatic carbocycles. The Kier molecular flexibility index (Phi) is 2.46.